The van der Waals surface area contributed by atoms with Crippen LogP contribution in [-0.2, 0) is 16.1 Å². The molecule has 0 unspecified atom stereocenters. The highest BCUT2D eigenvalue weighted by molar-refractivity contribution is 5.98. The molecule has 1 amide bonds. The van der Waals surface area contributed by atoms with E-state index in [1.165, 1.54) is 25.1 Å². The van der Waals surface area contributed by atoms with Gasteiger partial charge >= 0.3 is 5.97 Å². The summed E-state index contributed by atoms with van der Waals surface area (Å²) in [7, 11) is 0. The molecule has 0 spiro atoms. The highest BCUT2D eigenvalue weighted by atomic mass is 19.1. The Kier molecular flexibility index (Phi) is 5.96. The molecule has 0 fully saturated rings. The maximum atomic E-state index is 13.6. The number of rotatable bonds is 5. The second-order valence-corrected chi connectivity index (χ2v) is 6.95. The first-order valence-corrected chi connectivity index (χ1v) is 9.50. The summed E-state index contributed by atoms with van der Waals surface area (Å²) >= 11 is 0. The highest BCUT2D eigenvalue weighted by Crippen LogP contribution is 2.16. The van der Waals surface area contributed by atoms with E-state index in [1.807, 2.05) is 6.92 Å². The van der Waals surface area contributed by atoms with E-state index in [0.29, 0.717) is 28.8 Å². The summed E-state index contributed by atoms with van der Waals surface area (Å²) in [6, 6.07) is 8.98. The number of aryl methyl sites for hydroxylation is 3. The average Bonchev–Trinajstić information content (AvgIpc) is 2.71. The maximum Gasteiger partial charge on any atom is 0.338 e. The van der Waals surface area contributed by atoms with Gasteiger partial charge in [-0.05, 0) is 63.6 Å². The van der Waals surface area contributed by atoms with Crippen molar-refractivity contribution in [1.82, 2.24) is 9.55 Å². The molecule has 1 heterocycles. The van der Waals surface area contributed by atoms with Crippen LogP contribution in [0.4, 0.5) is 10.1 Å². The first-order chi connectivity index (χ1) is 14.2. The van der Waals surface area contributed by atoms with E-state index in [0.717, 1.165) is 0 Å². The Morgan fingerprint density at radius 1 is 1.20 bits per heavy atom. The van der Waals surface area contributed by atoms with Crippen LogP contribution in [0, 0.1) is 19.7 Å². The quantitative estimate of drug-likeness (QED) is 0.650. The van der Waals surface area contributed by atoms with Crippen molar-refractivity contribution in [3.8, 4) is 0 Å². The maximum absolute atomic E-state index is 13.6. The van der Waals surface area contributed by atoms with Gasteiger partial charge in [0, 0.05) is 12.2 Å². The van der Waals surface area contributed by atoms with Gasteiger partial charge in [-0.2, -0.15) is 0 Å². The van der Waals surface area contributed by atoms with Crippen LogP contribution in [0.5, 0.6) is 0 Å². The lowest BCUT2D eigenvalue weighted by Crippen LogP contribution is -2.30. The van der Waals surface area contributed by atoms with Gasteiger partial charge in [-0.3, -0.25) is 9.59 Å². The summed E-state index contributed by atoms with van der Waals surface area (Å²) in [6.45, 7) is 6.97. The number of hydrogen-bond donors (Lipinski definition) is 1. The molecule has 0 aliphatic rings. The van der Waals surface area contributed by atoms with E-state index in [2.05, 4.69) is 10.3 Å². The topological polar surface area (TPSA) is 90.3 Å². The predicted octanol–water partition coefficient (Wildman–Crippen LogP) is 3.36. The minimum atomic E-state index is -1.10. The summed E-state index contributed by atoms with van der Waals surface area (Å²) in [6.07, 6.45) is -1.10. The summed E-state index contributed by atoms with van der Waals surface area (Å²) in [5.74, 6) is -1.73. The number of esters is 1. The molecular weight excluding hydrogens is 389 g/mol. The predicted molar refractivity (Wildman–Crippen MR) is 111 cm³/mol. The number of carbonyl (C=O) groups is 2. The minimum absolute atomic E-state index is 0.182. The molecule has 0 aliphatic heterocycles. The van der Waals surface area contributed by atoms with E-state index in [9.17, 15) is 18.8 Å². The fourth-order valence-electron chi connectivity index (χ4n) is 3.01. The van der Waals surface area contributed by atoms with Gasteiger partial charge in [-0.15, -0.1) is 0 Å². The molecule has 2 aromatic carbocycles. The summed E-state index contributed by atoms with van der Waals surface area (Å²) in [5, 5.41) is 2.52. The SMILES string of the molecule is CCn1c(=O)c(C)nc2cc(C(=O)O[C@@H](C)C(=O)Nc3ccc(C)c(F)c3)ccc21. The number of carbonyl (C=O) groups excluding carboxylic acids is 2. The minimum Gasteiger partial charge on any atom is -0.449 e. The lowest BCUT2D eigenvalue weighted by molar-refractivity contribution is -0.123. The Labute approximate surface area is 172 Å². The first kappa shape index (κ1) is 21.2. The standard InChI is InChI=1S/C22H22FN3O4/c1-5-26-19-9-7-15(10-18(19)24-13(3)21(26)28)22(29)30-14(4)20(27)25-16-8-6-12(2)17(23)11-16/h6-11,14H,5H2,1-4H3,(H,25,27)/t14-/m0/s1. The number of anilines is 1. The second-order valence-electron chi connectivity index (χ2n) is 6.95. The van der Waals surface area contributed by atoms with Crippen molar-refractivity contribution >= 4 is 28.6 Å². The van der Waals surface area contributed by atoms with Gasteiger partial charge in [-0.1, -0.05) is 6.07 Å². The van der Waals surface area contributed by atoms with Crippen LogP contribution in [0.25, 0.3) is 11.0 Å². The number of nitrogens with one attached hydrogen (secondary N) is 1. The fourth-order valence-corrected chi connectivity index (χ4v) is 3.01. The number of hydrogen-bond acceptors (Lipinski definition) is 5. The van der Waals surface area contributed by atoms with Crippen LogP contribution < -0.4 is 10.9 Å². The molecule has 1 N–H and O–H groups in total. The fraction of sp³-hybridized carbons (Fsp3) is 0.273. The zero-order chi connectivity index (χ0) is 22.0. The zero-order valence-electron chi connectivity index (χ0n) is 17.2. The molecule has 7 nitrogen and oxygen atoms in total. The molecule has 0 bridgehead atoms. The van der Waals surface area contributed by atoms with Crippen molar-refractivity contribution in [2.75, 3.05) is 5.32 Å². The normalized spacial score (nSPS) is 11.9. The van der Waals surface area contributed by atoms with E-state index in [-0.39, 0.29) is 16.8 Å². The van der Waals surface area contributed by atoms with Crippen molar-refractivity contribution in [3.05, 3.63) is 69.4 Å². The molecule has 0 saturated carbocycles. The summed E-state index contributed by atoms with van der Waals surface area (Å²) < 4.78 is 20.4. The third kappa shape index (κ3) is 4.22. The number of aromatic nitrogens is 2. The largest absolute Gasteiger partial charge is 0.449 e. The van der Waals surface area contributed by atoms with Crippen LogP contribution in [0.3, 0.4) is 0 Å². The zero-order valence-corrected chi connectivity index (χ0v) is 17.2. The van der Waals surface area contributed by atoms with E-state index in [1.54, 1.807) is 36.6 Å². The molecule has 0 aliphatic carbocycles. The van der Waals surface area contributed by atoms with Crippen molar-refractivity contribution < 1.29 is 18.7 Å². The van der Waals surface area contributed by atoms with Gasteiger partial charge in [-0.25, -0.2) is 14.2 Å². The molecule has 1 atom stereocenters. The number of fused-ring (bicyclic) bond motifs is 1. The van der Waals surface area contributed by atoms with Gasteiger partial charge < -0.3 is 14.6 Å². The molecule has 3 aromatic rings. The molecule has 156 valence electrons. The van der Waals surface area contributed by atoms with Crippen molar-refractivity contribution in [2.24, 2.45) is 0 Å². The Balaban J connectivity index is 1.76. The molecule has 8 heteroatoms. The Morgan fingerprint density at radius 2 is 1.93 bits per heavy atom. The monoisotopic (exact) mass is 411 g/mol. The average molecular weight is 411 g/mol. The van der Waals surface area contributed by atoms with Crippen LogP contribution in [-0.4, -0.2) is 27.5 Å². The lowest BCUT2D eigenvalue weighted by Gasteiger charge is -2.14. The molecule has 0 saturated heterocycles. The Hall–Kier alpha value is -3.55. The highest BCUT2D eigenvalue weighted by Gasteiger charge is 2.20. The van der Waals surface area contributed by atoms with Crippen LogP contribution in [0.2, 0.25) is 0 Å². The number of ether oxygens (including phenoxy) is 1. The van der Waals surface area contributed by atoms with Crippen LogP contribution in [0.15, 0.2) is 41.2 Å². The van der Waals surface area contributed by atoms with Crippen molar-refractivity contribution in [2.45, 2.75) is 40.3 Å². The van der Waals surface area contributed by atoms with E-state index in [4.69, 9.17) is 4.74 Å². The summed E-state index contributed by atoms with van der Waals surface area (Å²) in [5.41, 5.74) is 2.17. The number of amides is 1. The van der Waals surface area contributed by atoms with Gasteiger partial charge in [0.1, 0.15) is 11.5 Å². The van der Waals surface area contributed by atoms with E-state index >= 15 is 0 Å². The molecule has 0 radical (unpaired) electrons. The van der Waals surface area contributed by atoms with Gasteiger partial charge in [0.05, 0.1) is 16.6 Å². The van der Waals surface area contributed by atoms with Gasteiger partial charge in [0.2, 0.25) is 0 Å². The third-order valence-electron chi connectivity index (χ3n) is 4.75. The Morgan fingerprint density at radius 3 is 2.60 bits per heavy atom. The summed E-state index contributed by atoms with van der Waals surface area (Å²) in [4.78, 5) is 41.2. The van der Waals surface area contributed by atoms with Crippen molar-refractivity contribution in [3.63, 3.8) is 0 Å². The third-order valence-corrected chi connectivity index (χ3v) is 4.75. The number of benzene rings is 2. The second kappa shape index (κ2) is 8.44. The number of halogens is 1. The van der Waals surface area contributed by atoms with Gasteiger partial charge in [0.25, 0.3) is 11.5 Å². The van der Waals surface area contributed by atoms with E-state index < -0.39 is 23.8 Å². The molecule has 1 aromatic heterocycles. The van der Waals surface area contributed by atoms with Gasteiger partial charge in [0.15, 0.2) is 6.10 Å². The van der Waals surface area contributed by atoms with Crippen LogP contribution >= 0.6 is 0 Å². The van der Waals surface area contributed by atoms with Crippen LogP contribution in [0.1, 0.15) is 35.5 Å². The molecule has 30 heavy (non-hydrogen) atoms. The van der Waals surface area contributed by atoms with Crippen molar-refractivity contribution in [1.29, 1.82) is 0 Å². The Bertz CT molecular complexity index is 1200. The first-order valence-electron chi connectivity index (χ1n) is 9.50. The smallest absolute Gasteiger partial charge is 0.338 e. The number of nitrogens with zero attached hydrogens (tertiary/aromatic N) is 2. The lowest BCUT2D eigenvalue weighted by atomic mass is 10.2. The molecule has 3 rings (SSSR count). The molecular formula is C22H22FN3O4.